The van der Waals surface area contributed by atoms with E-state index in [4.69, 9.17) is 28.4 Å². The van der Waals surface area contributed by atoms with Crippen molar-refractivity contribution < 1.29 is 56.4 Å². The molecule has 0 bridgehead atoms. The second kappa shape index (κ2) is 15.9. The molecule has 16 nitrogen and oxygen atoms in total. The summed E-state index contributed by atoms with van der Waals surface area (Å²) in [6.07, 6.45) is -5.87. The number of nitro groups is 3. The Morgan fingerprint density at radius 3 is 1.84 bits per heavy atom. The molecule has 1 aliphatic rings. The van der Waals surface area contributed by atoms with Crippen molar-refractivity contribution >= 4 is 28.4 Å². The van der Waals surface area contributed by atoms with Gasteiger partial charge in [-0.2, -0.15) is 13.2 Å². The third kappa shape index (κ3) is 10.3. The number of ether oxygens (including phenoxy) is 6. The van der Waals surface area contributed by atoms with Crippen molar-refractivity contribution in [2.24, 2.45) is 0 Å². The monoisotopic (exact) mass is 620 g/mol. The van der Waals surface area contributed by atoms with E-state index in [0.717, 1.165) is 18.2 Å². The number of nitro benzene ring substituents is 3. The van der Waals surface area contributed by atoms with Crippen molar-refractivity contribution in [2.45, 2.75) is 12.3 Å². The van der Waals surface area contributed by atoms with Gasteiger partial charge in [0.1, 0.15) is 18.5 Å². The first-order valence-electron chi connectivity index (χ1n) is 12.6. The fourth-order valence-corrected chi connectivity index (χ4v) is 3.65. The lowest BCUT2D eigenvalue weighted by atomic mass is 10.1. The molecule has 1 fully saturated rings. The third-order valence-corrected chi connectivity index (χ3v) is 5.68. The molecule has 43 heavy (non-hydrogen) atoms. The lowest BCUT2D eigenvalue weighted by Crippen LogP contribution is -2.29. The molecule has 0 radical (unpaired) electrons. The Balaban J connectivity index is 1.89. The van der Waals surface area contributed by atoms with Crippen molar-refractivity contribution in [1.82, 2.24) is 0 Å². The van der Waals surface area contributed by atoms with Gasteiger partial charge in [0.25, 0.3) is 17.1 Å². The minimum absolute atomic E-state index is 0.00655. The van der Waals surface area contributed by atoms with Crippen LogP contribution in [0.25, 0.3) is 0 Å². The Morgan fingerprint density at radius 1 is 0.791 bits per heavy atom. The summed E-state index contributed by atoms with van der Waals surface area (Å²) in [6, 6.07) is 3.23. The number of halogens is 3. The van der Waals surface area contributed by atoms with Gasteiger partial charge in [0.2, 0.25) is 0 Å². The number of alkyl halides is 3. The maximum atomic E-state index is 13.3. The van der Waals surface area contributed by atoms with Gasteiger partial charge in [-0.05, 0) is 6.07 Å². The number of nitrogens with zero attached hydrogens (tertiary/aromatic N) is 3. The predicted octanol–water partition coefficient (Wildman–Crippen LogP) is 4.02. The summed E-state index contributed by atoms with van der Waals surface area (Å²) in [4.78, 5) is 31.5. The fourth-order valence-electron chi connectivity index (χ4n) is 3.65. The Morgan fingerprint density at radius 2 is 1.33 bits per heavy atom. The molecule has 1 aliphatic heterocycles. The number of benzene rings is 2. The van der Waals surface area contributed by atoms with E-state index in [2.05, 4.69) is 5.32 Å². The van der Waals surface area contributed by atoms with Crippen LogP contribution in [0.1, 0.15) is 5.56 Å². The van der Waals surface area contributed by atoms with Gasteiger partial charge in [0.15, 0.2) is 5.69 Å². The molecule has 1 unspecified atom stereocenters. The summed E-state index contributed by atoms with van der Waals surface area (Å²) in [7, 11) is 0. The number of hydrogen-bond donors (Lipinski definition) is 1. The molecule has 3 rings (SSSR count). The van der Waals surface area contributed by atoms with E-state index in [1.165, 1.54) is 0 Å². The van der Waals surface area contributed by atoms with Crippen molar-refractivity contribution in [1.29, 1.82) is 0 Å². The van der Waals surface area contributed by atoms with E-state index >= 15 is 0 Å². The topological polar surface area (TPSA) is 197 Å². The van der Waals surface area contributed by atoms with Crippen molar-refractivity contribution in [2.75, 3.05) is 71.4 Å². The highest BCUT2D eigenvalue weighted by Gasteiger charge is 2.38. The third-order valence-electron chi connectivity index (χ3n) is 5.68. The van der Waals surface area contributed by atoms with Crippen LogP contribution < -0.4 is 10.1 Å². The summed E-state index contributed by atoms with van der Waals surface area (Å²) < 4.78 is 73.0. The van der Waals surface area contributed by atoms with Crippen LogP contribution in [-0.2, 0) is 29.9 Å². The smallest absolute Gasteiger partial charge is 0.416 e. The minimum atomic E-state index is -5.12. The lowest BCUT2D eigenvalue weighted by Gasteiger charge is -2.20. The zero-order chi connectivity index (χ0) is 31.4. The number of non-ortho nitro benzene ring substituents is 1. The maximum Gasteiger partial charge on any atom is 0.416 e. The second-order valence-electron chi connectivity index (χ2n) is 8.68. The van der Waals surface area contributed by atoms with Gasteiger partial charge in [0.05, 0.1) is 91.5 Å². The molecule has 0 spiro atoms. The summed E-state index contributed by atoms with van der Waals surface area (Å²) in [5, 5.41) is 37.1. The number of hydrogen-bond acceptors (Lipinski definition) is 13. The quantitative estimate of drug-likeness (QED) is 0.328. The molecule has 236 valence electrons. The zero-order valence-electron chi connectivity index (χ0n) is 22.4. The standard InChI is InChI=1S/C24H27F3N4O12/c25-24(26,27)16-11-20(30(34)35)23(21(12-16)31(36)37)28-19-2-1-17(29(32)33)13-22(19)43-15-18-14-41-8-7-39-4-3-38-5-6-40-9-10-42-18/h1-2,11-13,18,28H,3-10,14-15H2. The fraction of sp³-hybridized carbons (Fsp3) is 0.500. The molecule has 1 atom stereocenters. The van der Waals surface area contributed by atoms with Crippen molar-refractivity contribution in [3.05, 3.63) is 66.2 Å². The average Bonchev–Trinajstić information content (AvgIpc) is 2.95. The Hall–Kier alpha value is -4.17. The molecule has 19 heteroatoms. The predicted molar refractivity (Wildman–Crippen MR) is 140 cm³/mol. The summed E-state index contributed by atoms with van der Waals surface area (Å²) in [5.41, 5.74) is -5.72. The van der Waals surface area contributed by atoms with Crippen molar-refractivity contribution in [3.63, 3.8) is 0 Å². The van der Waals surface area contributed by atoms with Gasteiger partial charge in [-0.1, -0.05) is 0 Å². The van der Waals surface area contributed by atoms with Gasteiger partial charge in [0, 0.05) is 18.2 Å². The molecule has 0 aliphatic carbocycles. The van der Waals surface area contributed by atoms with Crippen LogP contribution in [-0.4, -0.2) is 86.9 Å². The van der Waals surface area contributed by atoms with E-state index < -0.39 is 55.4 Å². The van der Waals surface area contributed by atoms with Crippen molar-refractivity contribution in [3.8, 4) is 5.75 Å². The van der Waals surface area contributed by atoms with Crippen LogP contribution in [0.5, 0.6) is 5.75 Å². The maximum absolute atomic E-state index is 13.3. The summed E-state index contributed by atoms with van der Waals surface area (Å²) in [5.74, 6) is -0.297. The van der Waals surface area contributed by atoms with Gasteiger partial charge < -0.3 is 33.7 Å². The zero-order valence-corrected chi connectivity index (χ0v) is 22.4. The first kappa shape index (κ1) is 33.3. The van der Waals surface area contributed by atoms with Crippen LogP contribution in [0.4, 0.5) is 41.6 Å². The molecule has 0 aromatic heterocycles. The van der Waals surface area contributed by atoms with E-state index in [1.54, 1.807) is 0 Å². The first-order valence-corrected chi connectivity index (χ1v) is 12.6. The van der Waals surface area contributed by atoms with Gasteiger partial charge in [-0.15, -0.1) is 0 Å². The summed E-state index contributed by atoms with van der Waals surface area (Å²) >= 11 is 0. The Kier molecular flexibility index (Phi) is 12.3. The largest absolute Gasteiger partial charge is 0.488 e. The molecule has 1 N–H and O–H groups in total. The first-order chi connectivity index (χ1) is 20.5. The van der Waals surface area contributed by atoms with Crippen LogP contribution >= 0.6 is 0 Å². The number of nitrogens with one attached hydrogen (secondary N) is 1. The van der Waals surface area contributed by atoms with Crippen LogP contribution in [0.3, 0.4) is 0 Å². The Bertz CT molecular complexity index is 1230. The van der Waals surface area contributed by atoms with E-state index in [-0.39, 0.29) is 63.2 Å². The van der Waals surface area contributed by atoms with Gasteiger partial charge in [-0.25, -0.2) is 0 Å². The normalized spacial score (nSPS) is 17.7. The second-order valence-corrected chi connectivity index (χ2v) is 8.68. The lowest BCUT2D eigenvalue weighted by molar-refractivity contribution is -0.392. The molecule has 0 saturated carbocycles. The van der Waals surface area contributed by atoms with E-state index in [1.807, 2.05) is 0 Å². The number of rotatable bonds is 8. The molecule has 1 heterocycles. The highest BCUT2D eigenvalue weighted by molar-refractivity contribution is 5.82. The molecular weight excluding hydrogens is 593 g/mol. The molecule has 2 aromatic rings. The SMILES string of the molecule is O=[N+]([O-])c1ccc(Nc2c([N+](=O)[O-])cc(C(F)(F)F)cc2[N+](=O)[O-])c(OCC2COCCOCCOCCOCCO2)c1. The summed E-state index contributed by atoms with van der Waals surface area (Å²) in [6.45, 7) is 1.87. The van der Waals surface area contributed by atoms with Gasteiger partial charge >= 0.3 is 6.18 Å². The Labute approximate surface area is 241 Å². The highest BCUT2D eigenvalue weighted by atomic mass is 19.4. The van der Waals surface area contributed by atoms with Crippen LogP contribution in [0.2, 0.25) is 0 Å². The van der Waals surface area contributed by atoms with Crippen LogP contribution in [0, 0.1) is 30.3 Å². The highest BCUT2D eigenvalue weighted by Crippen LogP contribution is 2.44. The minimum Gasteiger partial charge on any atom is -0.488 e. The van der Waals surface area contributed by atoms with Crippen LogP contribution in [0.15, 0.2) is 30.3 Å². The molecule has 1 saturated heterocycles. The van der Waals surface area contributed by atoms with E-state index in [9.17, 15) is 43.5 Å². The van der Waals surface area contributed by atoms with E-state index in [0.29, 0.717) is 26.4 Å². The molecular formula is C24H27F3N4O12. The average molecular weight is 620 g/mol. The molecule has 2 aromatic carbocycles. The molecule has 0 amide bonds. The van der Waals surface area contributed by atoms with Gasteiger partial charge in [-0.3, -0.25) is 30.3 Å². The number of anilines is 2.